The van der Waals surface area contributed by atoms with Gasteiger partial charge in [0.1, 0.15) is 5.60 Å². The van der Waals surface area contributed by atoms with E-state index >= 15 is 0 Å². The van der Waals surface area contributed by atoms with E-state index in [1.54, 1.807) is 0 Å². The summed E-state index contributed by atoms with van der Waals surface area (Å²) in [4.78, 5) is 22.7. The molecule has 0 amide bonds. The van der Waals surface area contributed by atoms with Gasteiger partial charge in [0.2, 0.25) is 0 Å². The number of fused-ring (bicyclic) bond motifs is 1. The normalized spacial score (nSPS) is 38.8. The number of carbonyl (C=O) groups excluding carboxylic acids is 1. The molecular formula is C15H22O4. The van der Waals surface area contributed by atoms with Gasteiger partial charge in [0, 0.05) is 17.9 Å². The highest BCUT2D eigenvalue weighted by atomic mass is 16.6. The summed E-state index contributed by atoms with van der Waals surface area (Å²) in [6, 6.07) is 0. The van der Waals surface area contributed by atoms with Crippen LogP contribution in [0.4, 0.5) is 0 Å². The number of carboxylic acids is 1. The van der Waals surface area contributed by atoms with Crippen LogP contribution < -0.4 is 0 Å². The summed E-state index contributed by atoms with van der Waals surface area (Å²) in [5.41, 5.74) is -0.287. The number of esters is 1. The third kappa shape index (κ3) is 2.67. The molecule has 1 heterocycles. The van der Waals surface area contributed by atoms with Crippen molar-refractivity contribution < 1.29 is 19.4 Å². The Morgan fingerprint density at radius 2 is 2.11 bits per heavy atom. The van der Waals surface area contributed by atoms with Gasteiger partial charge in [-0.25, -0.2) is 4.79 Å². The molecule has 2 aliphatic rings. The number of carbonyl (C=O) groups is 2. The van der Waals surface area contributed by atoms with Crippen molar-refractivity contribution >= 4 is 11.9 Å². The summed E-state index contributed by atoms with van der Waals surface area (Å²) in [7, 11) is 0. The predicted molar refractivity (Wildman–Crippen MR) is 70.5 cm³/mol. The molecule has 4 nitrogen and oxygen atoms in total. The van der Waals surface area contributed by atoms with E-state index in [1.165, 1.54) is 0 Å². The molecule has 1 saturated carbocycles. The molecular weight excluding hydrogens is 244 g/mol. The minimum atomic E-state index is -0.943. The second-order valence-electron chi connectivity index (χ2n) is 6.22. The first kappa shape index (κ1) is 14.1. The van der Waals surface area contributed by atoms with Crippen LogP contribution in [-0.2, 0) is 14.3 Å². The Morgan fingerprint density at radius 1 is 1.42 bits per heavy atom. The molecule has 106 valence electrons. The number of rotatable bonds is 2. The molecule has 4 unspecified atom stereocenters. The van der Waals surface area contributed by atoms with E-state index in [4.69, 9.17) is 9.84 Å². The third-order valence-corrected chi connectivity index (χ3v) is 4.87. The van der Waals surface area contributed by atoms with E-state index in [0.29, 0.717) is 24.7 Å². The van der Waals surface area contributed by atoms with Crippen molar-refractivity contribution in [2.75, 3.05) is 0 Å². The van der Waals surface area contributed by atoms with Crippen molar-refractivity contribution in [1.29, 1.82) is 0 Å². The molecule has 1 N–H and O–H groups in total. The molecule has 0 aromatic carbocycles. The molecule has 0 bridgehead atoms. The lowest BCUT2D eigenvalue weighted by Crippen LogP contribution is -2.46. The second-order valence-corrected chi connectivity index (χ2v) is 6.22. The second kappa shape index (κ2) is 4.99. The molecule has 1 aliphatic heterocycles. The summed E-state index contributed by atoms with van der Waals surface area (Å²) in [6.45, 7) is 7.82. The summed E-state index contributed by atoms with van der Waals surface area (Å²) in [5.74, 6) is -0.420. The van der Waals surface area contributed by atoms with Crippen molar-refractivity contribution in [2.45, 2.75) is 51.6 Å². The molecule has 0 radical (unpaired) electrons. The van der Waals surface area contributed by atoms with Gasteiger partial charge in [0.05, 0.1) is 0 Å². The number of aliphatic carboxylic acids is 1. The molecule has 0 aromatic heterocycles. The standard InChI is InChI=1S/C15H22O4/c1-9-4-5-11(10(2)14(17)18)8-15(3)12(9)6-7-13(16)19-15/h9,11-12H,2,4-8H2,1,3H3,(H,17,18). The minimum Gasteiger partial charge on any atom is -0.478 e. The lowest BCUT2D eigenvalue weighted by atomic mass is 9.73. The molecule has 1 saturated heterocycles. The van der Waals surface area contributed by atoms with Gasteiger partial charge >= 0.3 is 11.9 Å². The monoisotopic (exact) mass is 266 g/mol. The summed E-state index contributed by atoms with van der Waals surface area (Å²) in [5, 5.41) is 9.12. The van der Waals surface area contributed by atoms with Gasteiger partial charge in [0.15, 0.2) is 0 Å². The Balaban J connectivity index is 2.25. The van der Waals surface area contributed by atoms with Gasteiger partial charge in [-0.05, 0) is 44.4 Å². The highest BCUT2D eigenvalue weighted by molar-refractivity contribution is 5.86. The quantitative estimate of drug-likeness (QED) is 0.616. The fraction of sp³-hybridized carbons (Fsp3) is 0.733. The zero-order chi connectivity index (χ0) is 14.2. The Bertz CT molecular complexity index is 414. The van der Waals surface area contributed by atoms with E-state index in [-0.39, 0.29) is 17.5 Å². The van der Waals surface area contributed by atoms with Crippen LogP contribution in [0.5, 0.6) is 0 Å². The summed E-state index contributed by atoms with van der Waals surface area (Å²) in [6.07, 6.45) is 3.70. The van der Waals surface area contributed by atoms with Crippen LogP contribution in [0.2, 0.25) is 0 Å². The van der Waals surface area contributed by atoms with E-state index in [9.17, 15) is 9.59 Å². The van der Waals surface area contributed by atoms with Crippen LogP contribution in [-0.4, -0.2) is 22.6 Å². The maximum Gasteiger partial charge on any atom is 0.331 e. The Labute approximate surface area is 113 Å². The molecule has 2 fully saturated rings. The van der Waals surface area contributed by atoms with Gasteiger partial charge in [-0.15, -0.1) is 0 Å². The van der Waals surface area contributed by atoms with Crippen molar-refractivity contribution in [1.82, 2.24) is 0 Å². The highest BCUT2D eigenvalue weighted by Gasteiger charge is 2.48. The average Bonchev–Trinajstić information content (AvgIpc) is 2.44. The van der Waals surface area contributed by atoms with Crippen molar-refractivity contribution in [3.05, 3.63) is 12.2 Å². The van der Waals surface area contributed by atoms with Gasteiger partial charge in [-0.3, -0.25) is 4.79 Å². The SMILES string of the molecule is C=C(C(=O)O)C1CCC(C)C2CCC(=O)OC2(C)C1. The molecule has 2 rings (SSSR count). The van der Waals surface area contributed by atoms with Crippen LogP contribution in [0, 0.1) is 17.8 Å². The van der Waals surface area contributed by atoms with E-state index in [2.05, 4.69) is 13.5 Å². The first-order valence-electron chi connectivity index (χ1n) is 6.97. The lowest BCUT2D eigenvalue weighted by Gasteiger charge is -2.43. The molecule has 19 heavy (non-hydrogen) atoms. The van der Waals surface area contributed by atoms with Crippen LogP contribution >= 0.6 is 0 Å². The molecule has 0 aromatic rings. The highest BCUT2D eigenvalue weighted by Crippen LogP contribution is 2.47. The number of hydrogen-bond acceptors (Lipinski definition) is 3. The molecule has 0 spiro atoms. The Morgan fingerprint density at radius 3 is 2.74 bits per heavy atom. The lowest BCUT2D eigenvalue weighted by molar-refractivity contribution is -0.178. The topological polar surface area (TPSA) is 63.6 Å². The predicted octanol–water partition coefficient (Wildman–Crippen LogP) is 2.78. The van der Waals surface area contributed by atoms with Gasteiger partial charge in [0.25, 0.3) is 0 Å². The van der Waals surface area contributed by atoms with Crippen LogP contribution in [0.15, 0.2) is 12.2 Å². The smallest absolute Gasteiger partial charge is 0.331 e. The van der Waals surface area contributed by atoms with Crippen LogP contribution in [0.3, 0.4) is 0 Å². The van der Waals surface area contributed by atoms with Gasteiger partial charge in [-0.2, -0.15) is 0 Å². The maximum atomic E-state index is 11.6. The van der Waals surface area contributed by atoms with E-state index in [0.717, 1.165) is 19.3 Å². The molecule has 4 atom stereocenters. The van der Waals surface area contributed by atoms with Crippen molar-refractivity contribution in [3.63, 3.8) is 0 Å². The minimum absolute atomic E-state index is 0.0964. The largest absolute Gasteiger partial charge is 0.478 e. The van der Waals surface area contributed by atoms with Crippen molar-refractivity contribution in [3.8, 4) is 0 Å². The first-order valence-corrected chi connectivity index (χ1v) is 6.97. The fourth-order valence-electron chi connectivity index (χ4n) is 3.77. The zero-order valence-electron chi connectivity index (χ0n) is 11.6. The Hall–Kier alpha value is -1.32. The Kier molecular flexibility index (Phi) is 3.70. The van der Waals surface area contributed by atoms with E-state index < -0.39 is 11.6 Å². The molecule has 1 aliphatic carbocycles. The fourth-order valence-corrected chi connectivity index (χ4v) is 3.77. The number of hydrogen-bond donors (Lipinski definition) is 1. The number of carboxylic acid groups (broad SMARTS) is 1. The van der Waals surface area contributed by atoms with Gasteiger partial charge < -0.3 is 9.84 Å². The average molecular weight is 266 g/mol. The van der Waals surface area contributed by atoms with Crippen LogP contribution in [0.1, 0.15) is 46.0 Å². The molecule has 4 heteroatoms. The van der Waals surface area contributed by atoms with Gasteiger partial charge in [-0.1, -0.05) is 13.5 Å². The maximum absolute atomic E-state index is 11.6. The third-order valence-electron chi connectivity index (χ3n) is 4.87. The van der Waals surface area contributed by atoms with E-state index in [1.807, 2.05) is 6.92 Å². The first-order chi connectivity index (χ1) is 8.83. The summed E-state index contributed by atoms with van der Waals surface area (Å²) < 4.78 is 5.62. The summed E-state index contributed by atoms with van der Waals surface area (Å²) >= 11 is 0. The zero-order valence-corrected chi connectivity index (χ0v) is 11.6. The number of ether oxygens (including phenoxy) is 1. The van der Waals surface area contributed by atoms with Crippen molar-refractivity contribution in [2.24, 2.45) is 17.8 Å². The van der Waals surface area contributed by atoms with Crippen LogP contribution in [0.25, 0.3) is 0 Å².